The van der Waals surface area contributed by atoms with E-state index in [1.165, 1.54) is 23.3 Å². The summed E-state index contributed by atoms with van der Waals surface area (Å²) in [6.45, 7) is 4.38. The number of hydrogen-bond donors (Lipinski definition) is 0. The van der Waals surface area contributed by atoms with Crippen LogP contribution in [0, 0.1) is 0 Å². The van der Waals surface area contributed by atoms with Gasteiger partial charge in [-0.15, -0.1) is 0 Å². The Balaban J connectivity index is 1.70. The number of allylic oxidation sites excluding steroid dienone is 2. The van der Waals surface area contributed by atoms with Crippen LogP contribution >= 0.6 is 0 Å². The Morgan fingerprint density at radius 2 is 1.03 bits per heavy atom. The van der Waals surface area contributed by atoms with E-state index in [4.69, 9.17) is 14.2 Å². The lowest BCUT2D eigenvalue weighted by atomic mass is 10.1. The molecule has 6 nitrogen and oxygen atoms in total. The van der Waals surface area contributed by atoms with E-state index in [-0.39, 0.29) is 11.9 Å². The van der Waals surface area contributed by atoms with Crippen LogP contribution in [0.25, 0.3) is 0 Å². The average molecular weight is 528 g/mol. The predicted octanol–water partition coefficient (Wildman–Crippen LogP) is 7.27. The van der Waals surface area contributed by atoms with Gasteiger partial charge in [-0.25, -0.2) is 9.59 Å². The smallest absolute Gasteiger partial charge is 0.330 e. The number of methoxy groups -OCH3 is 1. The first-order valence-corrected chi connectivity index (χ1v) is 13.2. The predicted molar refractivity (Wildman–Crippen MR) is 156 cm³/mol. The van der Waals surface area contributed by atoms with Gasteiger partial charge >= 0.3 is 11.9 Å². The van der Waals surface area contributed by atoms with Crippen LogP contribution in [-0.2, 0) is 31.9 Å². The summed E-state index contributed by atoms with van der Waals surface area (Å²) in [7, 11) is 1.66. The zero-order valence-electron chi connectivity index (χ0n) is 23.0. The third kappa shape index (κ3) is 9.49. The van der Waals surface area contributed by atoms with Gasteiger partial charge in [0.25, 0.3) is 0 Å². The van der Waals surface area contributed by atoms with Crippen molar-refractivity contribution in [3.05, 3.63) is 108 Å². The molecule has 3 aromatic rings. The molecule has 0 heterocycles. The van der Waals surface area contributed by atoms with Gasteiger partial charge in [0, 0.05) is 29.2 Å². The molecule has 0 atom stereocenters. The van der Waals surface area contributed by atoms with Crippen molar-refractivity contribution < 1.29 is 23.8 Å². The maximum Gasteiger partial charge on any atom is 0.330 e. The standard InChI is InChI=1S/C33H37NO5/c1-4-8-32(35)38-24-6-10-26-12-16-28(17-13-26)34(30-20-22-31(37-3)23-21-30)29-18-14-27(15-19-29)11-7-25-39-33(36)9-5-2/h4-5,8-9,12-23H,6-7,10-11,24-25H2,1-3H3. The molecule has 0 fully saturated rings. The summed E-state index contributed by atoms with van der Waals surface area (Å²) in [6.07, 6.45) is 9.39. The first-order valence-electron chi connectivity index (χ1n) is 13.2. The van der Waals surface area contributed by atoms with Crippen molar-refractivity contribution in [3.63, 3.8) is 0 Å². The van der Waals surface area contributed by atoms with Crippen LogP contribution in [0.1, 0.15) is 37.8 Å². The van der Waals surface area contributed by atoms with Crippen LogP contribution in [0.4, 0.5) is 17.1 Å². The van der Waals surface area contributed by atoms with Crippen molar-refractivity contribution >= 4 is 29.0 Å². The molecule has 0 spiro atoms. The fourth-order valence-electron chi connectivity index (χ4n) is 4.07. The van der Waals surface area contributed by atoms with Gasteiger partial charge < -0.3 is 19.1 Å². The Bertz CT molecular complexity index is 1150. The van der Waals surface area contributed by atoms with Crippen molar-refractivity contribution in [2.45, 2.75) is 39.5 Å². The summed E-state index contributed by atoms with van der Waals surface area (Å²) in [5.74, 6) is 0.193. The summed E-state index contributed by atoms with van der Waals surface area (Å²) in [4.78, 5) is 25.1. The Morgan fingerprint density at radius 3 is 1.38 bits per heavy atom. The van der Waals surface area contributed by atoms with E-state index in [9.17, 15) is 9.59 Å². The molecule has 204 valence electrons. The first-order chi connectivity index (χ1) is 19.0. The number of hydrogen-bond acceptors (Lipinski definition) is 6. The van der Waals surface area contributed by atoms with Crippen LogP contribution in [0.15, 0.2) is 97.1 Å². The SMILES string of the molecule is CC=CC(=O)OCCCc1ccc(N(c2ccc(CCCOC(=O)C=CC)cc2)c2ccc(OC)cc2)cc1. The van der Waals surface area contributed by atoms with Crippen LogP contribution in [-0.4, -0.2) is 32.3 Å². The largest absolute Gasteiger partial charge is 0.497 e. The number of nitrogens with zero attached hydrogens (tertiary/aromatic N) is 1. The summed E-state index contributed by atoms with van der Waals surface area (Å²) in [5, 5.41) is 0. The van der Waals surface area contributed by atoms with Gasteiger partial charge in [0.15, 0.2) is 0 Å². The quantitative estimate of drug-likeness (QED) is 0.125. The molecule has 0 aliphatic rings. The van der Waals surface area contributed by atoms with Crippen LogP contribution < -0.4 is 9.64 Å². The molecule has 3 rings (SSSR count). The maximum atomic E-state index is 11.5. The molecule has 0 bridgehead atoms. The second-order valence-electron chi connectivity index (χ2n) is 8.91. The van der Waals surface area contributed by atoms with E-state index in [1.54, 1.807) is 33.1 Å². The first kappa shape index (κ1) is 29.2. The van der Waals surface area contributed by atoms with Crippen molar-refractivity contribution in [3.8, 4) is 5.75 Å². The average Bonchev–Trinajstić information content (AvgIpc) is 2.96. The van der Waals surface area contributed by atoms with E-state index in [0.717, 1.165) is 48.5 Å². The second kappa shape index (κ2) is 15.8. The molecule has 0 aliphatic heterocycles. The van der Waals surface area contributed by atoms with E-state index in [1.807, 2.05) is 24.3 Å². The van der Waals surface area contributed by atoms with E-state index < -0.39 is 0 Å². The van der Waals surface area contributed by atoms with Crippen molar-refractivity contribution in [1.82, 2.24) is 0 Å². The Hall–Kier alpha value is -4.32. The molecule has 0 aromatic heterocycles. The van der Waals surface area contributed by atoms with Crippen molar-refractivity contribution in [2.24, 2.45) is 0 Å². The monoisotopic (exact) mass is 527 g/mol. The highest BCUT2D eigenvalue weighted by molar-refractivity contribution is 5.82. The number of carbonyl (C=O) groups is 2. The lowest BCUT2D eigenvalue weighted by Gasteiger charge is -2.26. The molecule has 3 aromatic carbocycles. The van der Waals surface area contributed by atoms with Gasteiger partial charge in [-0.3, -0.25) is 0 Å². The third-order valence-corrected chi connectivity index (χ3v) is 6.03. The molecule has 0 radical (unpaired) electrons. The van der Waals surface area contributed by atoms with Gasteiger partial charge in [-0.2, -0.15) is 0 Å². The molecular weight excluding hydrogens is 490 g/mol. The molecule has 0 amide bonds. The van der Waals surface area contributed by atoms with E-state index in [0.29, 0.717) is 13.2 Å². The fourth-order valence-corrected chi connectivity index (χ4v) is 4.07. The van der Waals surface area contributed by atoms with Crippen LogP contribution in [0.3, 0.4) is 0 Å². The summed E-state index contributed by atoms with van der Waals surface area (Å²) >= 11 is 0. The Morgan fingerprint density at radius 1 is 0.641 bits per heavy atom. The number of anilines is 3. The molecular formula is C33H37NO5. The topological polar surface area (TPSA) is 65.1 Å². The summed E-state index contributed by atoms with van der Waals surface area (Å²) in [5.41, 5.74) is 5.45. The van der Waals surface area contributed by atoms with Gasteiger partial charge in [-0.05, 0) is 99.2 Å². The molecule has 0 saturated carbocycles. The molecule has 0 aliphatic carbocycles. The highest BCUT2D eigenvalue weighted by atomic mass is 16.5. The summed E-state index contributed by atoms with van der Waals surface area (Å²) in [6, 6.07) is 24.9. The number of rotatable bonds is 14. The zero-order valence-corrected chi connectivity index (χ0v) is 23.0. The van der Waals surface area contributed by atoms with Crippen molar-refractivity contribution in [1.29, 1.82) is 0 Å². The Labute approximate surface area is 231 Å². The van der Waals surface area contributed by atoms with Gasteiger partial charge in [0.2, 0.25) is 0 Å². The minimum Gasteiger partial charge on any atom is -0.497 e. The fraction of sp³-hybridized carbons (Fsp3) is 0.273. The second-order valence-corrected chi connectivity index (χ2v) is 8.91. The molecule has 0 unspecified atom stereocenters. The number of ether oxygens (including phenoxy) is 3. The third-order valence-electron chi connectivity index (χ3n) is 6.03. The van der Waals surface area contributed by atoms with Crippen molar-refractivity contribution in [2.75, 3.05) is 25.2 Å². The normalized spacial score (nSPS) is 11.1. The minimum atomic E-state index is -0.304. The van der Waals surface area contributed by atoms with E-state index in [2.05, 4.69) is 53.4 Å². The number of esters is 2. The van der Waals surface area contributed by atoms with Gasteiger partial charge in [0.05, 0.1) is 20.3 Å². The van der Waals surface area contributed by atoms with E-state index >= 15 is 0 Å². The van der Waals surface area contributed by atoms with Gasteiger partial charge in [-0.1, -0.05) is 36.4 Å². The highest BCUT2D eigenvalue weighted by Crippen LogP contribution is 2.35. The maximum absolute atomic E-state index is 11.5. The molecule has 39 heavy (non-hydrogen) atoms. The van der Waals surface area contributed by atoms with Crippen LogP contribution in [0.2, 0.25) is 0 Å². The number of benzene rings is 3. The molecule has 0 N–H and O–H groups in total. The zero-order chi connectivity index (χ0) is 27.9. The molecule has 0 saturated heterocycles. The lowest BCUT2D eigenvalue weighted by molar-refractivity contribution is -0.138. The Kier molecular flexibility index (Phi) is 11.9. The lowest BCUT2D eigenvalue weighted by Crippen LogP contribution is -2.10. The minimum absolute atomic E-state index is 0.304. The van der Waals surface area contributed by atoms with Gasteiger partial charge in [0.1, 0.15) is 5.75 Å². The number of aryl methyl sites for hydroxylation is 2. The molecule has 6 heteroatoms. The van der Waals surface area contributed by atoms with Crippen LogP contribution in [0.5, 0.6) is 5.75 Å². The highest BCUT2D eigenvalue weighted by Gasteiger charge is 2.13. The number of carbonyl (C=O) groups excluding carboxylic acids is 2. The summed E-state index contributed by atoms with van der Waals surface area (Å²) < 4.78 is 15.7.